The van der Waals surface area contributed by atoms with Crippen LogP contribution in [0.15, 0.2) is 18.2 Å². The topological polar surface area (TPSA) is 67.4 Å². The van der Waals surface area contributed by atoms with E-state index in [0.717, 1.165) is 5.56 Å². The van der Waals surface area contributed by atoms with Gasteiger partial charge in [0.15, 0.2) is 0 Å². The van der Waals surface area contributed by atoms with Crippen LogP contribution in [0.4, 0.5) is 4.79 Å². The van der Waals surface area contributed by atoms with Gasteiger partial charge in [-0.3, -0.25) is 4.79 Å². The molecule has 0 atom stereocenters. The fourth-order valence-electron chi connectivity index (χ4n) is 1.90. The van der Waals surface area contributed by atoms with E-state index in [0.29, 0.717) is 42.4 Å². The van der Waals surface area contributed by atoms with Gasteiger partial charge in [0.2, 0.25) is 5.91 Å². The summed E-state index contributed by atoms with van der Waals surface area (Å²) in [6.45, 7) is 6.29. The van der Waals surface area contributed by atoms with E-state index in [1.165, 1.54) is 0 Å². The van der Waals surface area contributed by atoms with Crippen LogP contribution in [0.3, 0.4) is 0 Å². The number of nitrogens with one attached hydrogen (secondary N) is 2. The van der Waals surface area contributed by atoms with Crippen LogP contribution < -0.4 is 10.6 Å². The zero-order valence-corrected chi connectivity index (χ0v) is 15.8. The van der Waals surface area contributed by atoms with Gasteiger partial charge >= 0.3 is 6.09 Å². The molecule has 0 spiro atoms. The average molecular weight is 375 g/mol. The van der Waals surface area contributed by atoms with Crippen molar-refractivity contribution in [1.82, 2.24) is 10.6 Å². The Kier molecular flexibility index (Phi) is 8.36. The minimum Gasteiger partial charge on any atom is -0.444 e. The van der Waals surface area contributed by atoms with Crippen molar-refractivity contribution in [2.24, 2.45) is 0 Å². The molecule has 0 aliphatic rings. The molecule has 0 aliphatic heterocycles. The lowest BCUT2D eigenvalue weighted by Crippen LogP contribution is -2.33. The Hall–Kier alpha value is -1.46. The van der Waals surface area contributed by atoms with Crippen molar-refractivity contribution in [2.75, 3.05) is 13.1 Å². The number of amides is 2. The molecule has 1 aromatic carbocycles. The summed E-state index contributed by atoms with van der Waals surface area (Å²) < 4.78 is 5.11. The maximum atomic E-state index is 11.7. The summed E-state index contributed by atoms with van der Waals surface area (Å²) in [6.07, 6.45) is 1.05. The Morgan fingerprint density at radius 3 is 2.46 bits per heavy atom. The Balaban J connectivity index is 2.15. The summed E-state index contributed by atoms with van der Waals surface area (Å²) in [5.74, 6) is -0.0638. The van der Waals surface area contributed by atoms with E-state index in [1.54, 1.807) is 32.9 Å². The summed E-state index contributed by atoms with van der Waals surface area (Å²) in [6, 6.07) is 5.30. The van der Waals surface area contributed by atoms with Crippen LogP contribution >= 0.6 is 23.2 Å². The van der Waals surface area contributed by atoms with Crippen molar-refractivity contribution < 1.29 is 14.3 Å². The first-order valence-corrected chi connectivity index (χ1v) is 8.60. The number of hydrogen-bond acceptors (Lipinski definition) is 3. The average Bonchev–Trinajstić information content (AvgIpc) is 2.44. The van der Waals surface area contributed by atoms with Crippen molar-refractivity contribution in [3.05, 3.63) is 33.8 Å². The molecule has 0 aliphatic carbocycles. The standard InChI is InChI=1S/C17H24Cl2N2O3/c1-17(2,3)24-16(23)21-9-4-5-15(22)20-10-8-12-6-7-13(18)11-14(12)19/h6-7,11H,4-5,8-10H2,1-3H3,(H,20,22)(H,21,23). The van der Waals surface area contributed by atoms with Gasteiger partial charge in [-0.15, -0.1) is 0 Å². The smallest absolute Gasteiger partial charge is 0.407 e. The number of alkyl carbamates (subject to hydrolysis) is 1. The molecule has 134 valence electrons. The van der Waals surface area contributed by atoms with Crippen LogP contribution in [0.5, 0.6) is 0 Å². The normalized spacial score (nSPS) is 11.0. The van der Waals surface area contributed by atoms with Crippen LogP contribution in [-0.2, 0) is 16.0 Å². The van der Waals surface area contributed by atoms with Crippen LogP contribution in [0, 0.1) is 0 Å². The van der Waals surface area contributed by atoms with E-state index in [-0.39, 0.29) is 5.91 Å². The lowest BCUT2D eigenvalue weighted by Gasteiger charge is -2.19. The van der Waals surface area contributed by atoms with Crippen molar-refractivity contribution in [2.45, 2.75) is 45.6 Å². The Bertz CT molecular complexity index is 571. The van der Waals surface area contributed by atoms with Gasteiger partial charge in [-0.05, 0) is 51.3 Å². The molecule has 0 aromatic heterocycles. The molecular formula is C17H24Cl2N2O3. The van der Waals surface area contributed by atoms with Gasteiger partial charge in [-0.2, -0.15) is 0 Å². The highest BCUT2D eigenvalue weighted by atomic mass is 35.5. The third-order valence-corrected chi connectivity index (χ3v) is 3.57. The Labute approximate surface area is 153 Å². The SMILES string of the molecule is CC(C)(C)OC(=O)NCCCC(=O)NCCc1ccc(Cl)cc1Cl. The largest absolute Gasteiger partial charge is 0.444 e. The monoisotopic (exact) mass is 374 g/mol. The number of carbonyl (C=O) groups is 2. The predicted molar refractivity (Wildman–Crippen MR) is 96.6 cm³/mol. The summed E-state index contributed by atoms with van der Waals surface area (Å²) in [4.78, 5) is 23.2. The summed E-state index contributed by atoms with van der Waals surface area (Å²) in [5, 5.41) is 6.63. The number of halogens is 2. The van der Waals surface area contributed by atoms with E-state index in [9.17, 15) is 9.59 Å². The van der Waals surface area contributed by atoms with E-state index in [1.807, 2.05) is 6.07 Å². The highest BCUT2D eigenvalue weighted by Crippen LogP contribution is 2.21. The summed E-state index contributed by atoms with van der Waals surface area (Å²) >= 11 is 11.9. The molecule has 0 saturated carbocycles. The number of hydrogen-bond donors (Lipinski definition) is 2. The van der Waals surface area contributed by atoms with Crippen LogP contribution in [0.25, 0.3) is 0 Å². The molecule has 1 aromatic rings. The first kappa shape index (κ1) is 20.6. The second-order valence-electron chi connectivity index (χ2n) is 6.37. The van der Waals surface area contributed by atoms with Gasteiger partial charge in [-0.25, -0.2) is 4.79 Å². The molecule has 0 heterocycles. The van der Waals surface area contributed by atoms with Crippen LogP contribution in [0.2, 0.25) is 10.0 Å². The zero-order valence-electron chi connectivity index (χ0n) is 14.2. The van der Waals surface area contributed by atoms with Crippen LogP contribution in [-0.4, -0.2) is 30.7 Å². The van der Waals surface area contributed by atoms with Crippen molar-refractivity contribution >= 4 is 35.2 Å². The molecular weight excluding hydrogens is 351 g/mol. The first-order valence-electron chi connectivity index (χ1n) is 7.85. The minimum atomic E-state index is -0.523. The van der Waals surface area contributed by atoms with Gasteiger partial charge in [0.05, 0.1) is 0 Å². The van der Waals surface area contributed by atoms with Gasteiger partial charge < -0.3 is 15.4 Å². The van der Waals surface area contributed by atoms with Gasteiger partial charge in [-0.1, -0.05) is 29.3 Å². The zero-order chi connectivity index (χ0) is 18.2. The highest BCUT2D eigenvalue weighted by molar-refractivity contribution is 6.35. The lowest BCUT2D eigenvalue weighted by molar-refractivity contribution is -0.121. The maximum absolute atomic E-state index is 11.7. The van der Waals surface area contributed by atoms with Gasteiger partial charge in [0.1, 0.15) is 5.60 Å². The van der Waals surface area contributed by atoms with E-state index in [2.05, 4.69) is 10.6 Å². The second-order valence-corrected chi connectivity index (χ2v) is 7.21. The third-order valence-electron chi connectivity index (χ3n) is 2.98. The molecule has 0 saturated heterocycles. The van der Waals surface area contributed by atoms with E-state index < -0.39 is 11.7 Å². The molecule has 24 heavy (non-hydrogen) atoms. The van der Waals surface area contributed by atoms with Crippen molar-refractivity contribution in [3.8, 4) is 0 Å². The van der Waals surface area contributed by atoms with Crippen molar-refractivity contribution in [1.29, 1.82) is 0 Å². The number of rotatable bonds is 7. The molecule has 5 nitrogen and oxygen atoms in total. The highest BCUT2D eigenvalue weighted by Gasteiger charge is 2.15. The molecule has 7 heteroatoms. The van der Waals surface area contributed by atoms with E-state index >= 15 is 0 Å². The maximum Gasteiger partial charge on any atom is 0.407 e. The van der Waals surface area contributed by atoms with Crippen LogP contribution in [0.1, 0.15) is 39.2 Å². The van der Waals surface area contributed by atoms with E-state index in [4.69, 9.17) is 27.9 Å². The molecule has 2 amide bonds. The molecule has 0 fully saturated rings. The number of ether oxygens (including phenoxy) is 1. The Morgan fingerprint density at radius 1 is 1.12 bits per heavy atom. The molecule has 2 N–H and O–H groups in total. The third kappa shape index (κ3) is 8.99. The summed E-state index contributed by atoms with van der Waals surface area (Å²) in [7, 11) is 0. The predicted octanol–water partition coefficient (Wildman–Crippen LogP) is 3.96. The fourth-order valence-corrected chi connectivity index (χ4v) is 2.41. The van der Waals surface area contributed by atoms with Gasteiger partial charge in [0.25, 0.3) is 0 Å². The molecule has 0 unspecified atom stereocenters. The molecule has 0 radical (unpaired) electrons. The molecule has 0 bridgehead atoms. The fraction of sp³-hybridized carbons (Fsp3) is 0.529. The lowest BCUT2D eigenvalue weighted by atomic mass is 10.1. The summed E-state index contributed by atoms with van der Waals surface area (Å²) in [5.41, 5.74) is 0.415. The molecule has 1 rings (SSSR count). The first-order chi connectivity index (χ1) is 11.2. The minimum absolute atomic E-state index is 0.0638. The van der Waals surface area contributed by atoms with Gasteiger partial charge in [0, 0.05) is 29.6 Å². The Morgan fingerprint density at radius 2 is 1.83 bits per heavy atom. The number of benzene rings is 1. The second kappa shape index (κ2) is 9.74. The number of carbonyl (C=O) groups excluding carboxylic acids is 2. The van der Waals surface area contributed by atoms with Crippen molar-refractivity contribution in [3.63, 3.8) is 0 Å². The quantitative estimate of drug-likeness (QED) is 0.709.